The number of sulfone groups is 1. The van der Waals surface area contributed by atoms with Crippen LogP contribution in [0.25, 0.3) is 0 Å². The molecule has 0 aliphatic heterocycles. The quantitative estimate of drug-likeness (QED) is 0.873. The highest BCUT2D eigenvalue weighted by atomic mass is 32.2. The number of halogens is 1. The average Bonchev–Trinajstić information content (AvgIpc) is 2.20. The maximum atomic E-state index is 13.3. The van der Waals surface area contributed by atoms with Crippen LogP contribution in [0.2, 0.25) is 0 Å². The molecular formula is C10H11FO4S. The summed E-state index contributed by atoms with van der Waals surface area (Å²) in [6, 6.07) is 3.20. The average molecular weight is 246 g/mol. The van der Waals surface area contributed by atoms with E-state index in [9.17, 15) is 17.6 Å². The maximum absolute atomic E-state index is 13.3. The highest BCUT2D eigenvalue weighted by Gasteiger charge is 2.14. The van der Waals surface area contributed by atoms with Crippen LogP contribution in [0.4, 0.5) is 4.39 Å². The first kappa shape index (κ1) is 12.6. The fraction of sp³-hybridized carbons (Fsp3) is 0.300. The van der Waals surface area contributed by atoms with Gasteiger partial charge in [-0.1, -0.05) is 13.0 Å². The van der Waals surface area contributed by atoms with Gasteiger partial charge in [0.2, 0.25) is 0 Å². The van der Waals surface area contributed by atoms with Crippen molar-refractivity contribution in [3.05, 3.63) is 35.1 Å². The summed E-state index contributed by atoms with van der Waals surface area (Å²) < 4.78 is 35.9. The Morgan fingerprint density at radius 2 is 2.06 bits per heavy atom. The van der Waals surface area contributed by atoms with Crippen molar-refractivity contribution >= 4 is 15.8 Å². The Hall–Kier alpha value is -1.43. The van der Waals surface area contributed by atoms with Gasteiger partial charge < -0.3 is 5.11 Å². The molecule has 0 radical (unpaired) electrons. The molecule has 88 valence electrons. The standard InChI is InChI=1S/C10H11FO4S/c1-2-16(14,15)6-8-4-3-7(10(12)13)5-9(8)11/h3-5H,2,6H2,1H3,(H,12,13). The topological polar surface area (TPSA) is 71.4 Å². The number of carbonyl (C=O) groups is 1. The third kappa shape index (κ3) is 3.03. The molecule has 0 heterocycles. The maximum Gasteiger partial charge on any atom is 0.335 e. The molecule has 1 aromatic rings. The molecule has 4 nitrogen and oxygen atoms in total. The first-order valence-electron chi connectivity index (χ1n) is 4.58. The number of aromatic carboxylic acids is 1. The monoisotopic (exact) mass is 246 g/mol. The zero-order chi connectivity index (χ0) is 12.3. The van der Waals surface area contributed by atoms with E-state index >= 15 is 0 Å². The fourth-order valence-electron chi connectivity index (χ4n) is 1.14. The molecule has 0 aliphatic rings. The summed E-state index contributed by atoms with van der Waals surface area (Å²) in [5.41, 5.74) is -0.206. The van der Waals surface area contributed by atoms with Crippen molar-refractivity contribution in [2.45, 2.75) is 12.7 Å². The lowest BCUT2D eigenvalue weighted by molar-refractivity contribution is 0.0696. The molecule has 0 amide bonds. The van der Waals surface area contributed by atoms with E-state index in [4.69, 9.17) is 5.11 Å². The van der Waals surface area contributed by atoms with Crippen LogP contribution in [-0.4, -0.2) is 25.2 Å². The van der Waals surface area contributed by atoms with Gasteiger partial charge in [0.15, 0.2) is 9.84 Å². The molecule has 1 N–H and O–H groups in total. The van der Waals surface area contributed by atoms with Gasteiger partial charge in [0.1, 0.15) is 5.82 Å². The molecule has 0 spiro atoms. The van der Waals surface area contributed by atoms with Crippen LogP contribution in [0.5, 0.6) is 0 Å². The van der Waals surface area contributed by atoms with Gasteiger partial charge >= 0.3 is 5.97 Å². The molecule has 0 saturated heterocycles. The minimum atomic E-state index is -3.32. The van der Waals surface area contributed by atoms with Crippen molar-refractivity contribution in [1.29, 1.82) is 0 Å². The number of carboxylic acids is 1. The number of hydrogen-bond donors (Lipinski definition) is 1. The van der Waals surface area contributed by atoms with Crippen LogP contribution < -0.4 is 0 Å². The van der Waals surface area contributed by atoms with Gasteiger partial charge in [-0.15, -0.1) is 0 Å². The highest BCUT2D eigenvalue weighted by Crippen LogP contribution is 2.14. The Morgan fingerprint density at radius 3 is 2.50 bits per heavy atom. The second-order valence-electron chi connectivity index (χ2n) is 3.29. The van der Waals surface area contributed by atoms with Gasteiger partial charge in [-0.2, -0.15) is 0 Å². The number of hydrogen-bond acceptors (Lipinski definition) is 3. The fourth-order valence-corrected chi connectivity index (χ4v) is 2.05. The van der Waals surface area contributed by atoms with Crippen molar-refractivity contribution in [3.63, 3.8) is 0 Å². The van der Waals surface area contributed by atoms with Crippen molar-refractivity contribution < 1.29 is 22.7 Å². The van der Waals surface area contributed by atoms with Crippen LogP contribution >= 0.6 is 0 Å². The van der Waals surface area contributed by atoms with Crippen LogP contribution in [0.3, 0.4) is 0 Å². The van der Waals surface area contributed by atoms with E-state index in [2.05, 4.69) is 0 Å². The van der Waals surface area contributed by atoms with E-state index in [1.54, 1.807) is 0 Å². The summed E-state index contributed by atoms with van der Waals surface area (Å²) in [5.74, 6) is -2.54. The molecule has 0 aromatic heterocycles. The number of benzene rings is 1. The largest absolute Gasteiger partial charge is 0.478 e. The molecule has 0 aliphatic carbocycles. The molecule has 0 atom stereocenters. The van der Waals surface area contributed by atoms with Crippen molar-refractivity contribution in [2.24, 2.45) is 0 Å². The summed E-state index contributed by atoms with van der Waals surface area (Å²) in [6.45, 7) is 1.47. The normalized spacial score (nSPS) is 11.4. The first-order chi connectivity index (χ1) is 7.35. The Labute approximate surface area is 92.6 Å². The second-order valence-corrected chi connectivity index (χ2v) is 5.64. The summed E-state index contributed by atoms with van der Waals surface area (Å²) in [4.78, 5) is 10.5. The Morgan fingerprint density at radius 1 is 1.44 bits per heavy atom. The first-order valence-corrected chi connectivity index (χ1v) is 6.40. The zero-order valence-electron chi connectivity index (χ0n) is 8.60. The van der Waals surface area contributed by atoms with E-state index in [1.807, 2.05) is 0 Å². The van der Waals surface area contributed by atoms with Gasteiger partial charge in [-0.25, -0.2) is 17.6 Å². The summed E-state index contributed by atoms with van der Waals surface area (Å²) in [5, 5.41) is 8.59. The van der Waals surface area contributed by atoms with Gasteiger partial charge in [0, 0.05) is 11.3 Å². The van der Waals surface area contributed by atoms with Crippen LogP contribution in [-0.2, 0) is 15.6 Å². The van der Waals surface area contributed by atoms with E-state index in [-0.39, 0.29) is 16.9 Å². The molecule has 1 aromatic carbocycles. The molecule has 0 unspecified atom stereocenters. The predicted molar refractivity (Wildman–Crippen MR) is 56.5 cm³/mol. The minimum absolute atomic E-state index is 0.00755. The van der Waals surface area contributed by atoms with Crippen molar-refractivity contribution in [2.75, 3.05) is 5.75 Å². The van der Waals surface area contributed by atoms with E-state index < -0.39 is 27.4 Å². The van der Waals surface area contributed by atoms with Crippen molar-refractivity contribution in [3.8, 4) is 0 Å². The number of carboxylic acid groups (broad SMARTS) is 1. The molecule has 0 bridgehead atoms. The third-order valence-corrected chi connectivity index (χ3v) is 3.75. The molecule has 0 fully saturated rings. The molecule has 1 rings (SSSR count). The van der Waals surface area contributed by atoms with E-state index in [0.717, 1.165) is 6.07 Å². The van der Waals surface area contributed by atoms with Crippen LogP contribution in [0, 0.1) is 5.82 Å². The van der Waals surface area contributed by atoms with Crippen LogP contribution in [0.15, 0.2) is 18.2 Å². The zero-order valence-corrected chi connectivity index (χ0v) is 9.42. The predicted octanol–water partition coefficient (Wildman–Crippen LogP) is 1.46. The van der Waals surface area contributed by atoms with Gasteiger partial charge in [0.25, 0.3) is 0 Å². The SMILES string of the molecule is CCS(=O)(=O)Cc1ccc(C(=O)O)cc1F. The molecule has 16 heavy (non-hydrogen) atoms. The van der Waals surface area contributed by atoms with Gasteiger partial charge in [0.05, 0.1) is 11.3 Å². The summed E-state index contributed by atoms with van der Waals surface area (Å²) >= 11 is 0. The minimum Gasteiger partial charge on any atom is -0.478 e. The Bertz CT molecular complexity index is 508. The second kappa shape index (κ2) is 4.61. The highest BCUT2D eigenvalue weighted by molar-refractivity contribution is 7.90. The molecule has 6 heteroatoms. The molecular weight excluding hydrogens is 235 g/mol. The van der Waals surface area contributed by atoms with Crippen LogP contribution in [0.1, 0.15) is 22.8 Å². The smallest absolute Gasteiger partial charge is 0.335 e. The van der Waals surface area contributed by atoms with E-state index in [0.29, 0.717) is 0 Å². The van der Waals surface area contributed by atoms with Gasteiger partial charge in [-0.05, 0) is 12.1 Å². The Kier molecular flexibility index (Phi) is 3.64. The third-order valence-electron chi connectivity index (χ3n) is 2.12. The Balaban J connectivity index is 3.05. The van der Waals surface area contributed by atoms with Gasteiger partial charge in [-0.3, -0.25) is 0 Å². The lowest BCUT2D eigenvalue weighted by atomic mass is 10.1. The lowest BCUT2D eigenvalue weighted by Crippen LogP contribution is -2.08. The lowest BCUT2D eigenvalue weighted by Gasteiger charge is -2.04. The summed E-state index contributed by atoms with van der Waals surface area (Å²) in [7, 11) is -3.32. The van der Waals surface area contributed by atoms with Crippen molar-refractivity contribution in [1.82, 2.24) is 0 Å². The van der Waals surface area contributed by atoms with E-state index in [1.165, 1.54) is 19.1 Å². The number of rotatable bonds is 4. The molecule has 0 saturated carbocycles. The summed E-state index contributed by atoms with van der Waals surface area (Å²) in [6.07, 6.45) is 0.